The second-order valence-corrected chi connectivity index (χ2v) is 11.4. The Morgan fingerprint density at radius 2 is 1.43 bits per heavy atom. The monoisotopic (exact) mass is 693 g/mol. The molecule has 240 valence electrons. The van der Waals surface area contributed by atoms with E-state index in [4.69, 9.17) is 34.8 Å². The van der Waals surface area contributed by atoms with Crippen LogP contribution in [-0.2, 0) is 21.9 Å². The van der Waals surface area contributed by atoms with Gasteiger partial charge in [-0.1, -0.05) is 11.6 Å². The number of amides is 3. The smallest absolute Gasteiger partial charge is 0.326 e. The highest BCUT2D eigenvalue weighted by Crippen LogP contribution is 2.65. The lowest BCUT2D eigenvalue weighted by Gasteiger charge is -2.14. The van der Waals surface area contributed by atoms with Crippen LogP contribution in [0.3, 0.4) is 0 Å². The molecule has 4 rings (SSSR count). The van der Waals surface area contributed by atoms with Gasteiger partial charge in [0.1, 0.15) is 15.8 Å². The molecule has 3 aromatic rings. The predicted octanol–water partition coefficient (Wildman–Crippen LogP) is 9.13. The van der Waals surface area contributed by atoms with Crippen molar-refractivity contribution in [2.24, 2.45) is 5.92 Å². The molecule has 3 N–H and O–H groups in total. The van der Waals surface area contributed by atoms with Gasteiger partial charge in [-0.05, 0) is 54.1 Å². The summed E-state index contributed by atoms with van der Waals surface area (Å²) < 4.78 is 107. The lowest BCUT2D eigenvalue weighted by molar-refractivity contribution is -0.143. The first kappa shape index (κ1) is 33.3. The molecule has 0 spiro atoms. The van der Waals surface area contributed by atoms with Gasteiger partial charge >= 0.3 is 12.4 Å². The van der Waals surface area contributed by atoms with Crippen LogP contribution in [0.1, 0.15) is 44.2 Å². The molecule has 1 fully saturated rings. The number of alkyl halides is 8. The van der Waals surface area contributed by atoms with Crippen molar-refractivity contribution in [3.63, 3.8) is 0 Å². The first-order chi connectivity index (χ1) is 20.2. The van der Waals surface area contributed by atoms with E-state index in [9.17, 15) is 49.5 Å². The van der Waals surface area contributed by atoms with Crippen LogP contribution in [0.4, 0.5) is 52.2 Å². The van der Waals surface area contributed by atoms with Gasteiger partial charge in [0.2, 0.25) is 11.8 Å². The summed E-state index contributed by atoms with van der Waals surface area (Å²) in [6.45, 7) is 1.01. The van der Waals surface area contributed by atoms with Gasteiger partial charge in [0.05, 0.1) is 33.3 Å². The third kappa shape index (κ3) is 6.87. The quantitative estimate of drug-likeness (QED) is 0.178. The van der Waals surface area contributed by atoms with Crippen molar-refractivity contribution < 1.29 is 53.8 Å². The summed E-state index contributed by atoms with van der Waals surface area (Å²) in [6.07, 6.45) is -10.3. The zero-order chi connectivity index (χ0) is 32.9. The van der Waals surface area contributed by atoms with Crippen LogP contribution in [0.15, 0.2) is 48.5 Å². The average Bonchev–Trinajstić information content (AvgIpc) is 3.49. The molecule has 3 aromatic carbocycles. The van der Waals surface area contributed by atoms with E-state index in [0.717, 1.165) is 31.2 Å². The zero-order valence-electron chi connectivity index (χ0n) is 21.7. The van der Waals surface area contributed by atoms with Crippen LogP contribution >= 0.6 is 34.8 Å². The third-order valence-corrected chi connectivity index (χ3v) is 7.69. The highest BCUT2D eigenvalue weighted by molar-refractivity contribution is 6.53. The first-order valence-corrected chi connectivity index (χ1v) is 13.2. The molecule has 0 aliphatic heterocycles. The van der Waals surface area contributed by atoms with Crippen molar-refractivity contribution in [2.45, 2.75) is 29.5 Å². The molecule has 0 saturated heterocycles. The molecule has 2 unspecified atom stereocenters. The Morgan fingerprint density at radius 1 is 0.841 bits per heavy atom. The summed E-state index contributed by atoms with van der Waals surface area (Å²) >= 11 is 18.4. The minimum absolute atomic E-state index is 0. The Hall–Kier alpha value is -3.62. The fourth-order valence-corrected chi connectivity index (χ4v) is 5.38. The fraction of sp³-hybridized carbons (Fsp3) is 0.222. The van der Waals surface area contributed by atoms with Gasteiger partial charge < -0.3 is 16.0 Å². The number of hydrogen-bond acceptors (Lipinski definition) is 3. The van der Waals surface area contributed by atoms with Crippen molar-refractivity contribution in [1.82, 2.24) is 0 Å². The van der Waals surface area contributed by atoms with Crippen LogP contribution < -0.4 is 16.0 Å². The van der Waals surface area contributed by atoms with E-state index in [2.05, 4.69) is 10.6 Å². The maximum absolute atomic E-state index is 14.7. The topological polar surface area (TPSA) is 87.3 Å². The summed E-state index contributed by atoms with van der Waals surface area (Å²) in [5, 5.41) is 6.22. The van der Waals surface area contributed by atoms with Crippen LogP contribution in [0.5, 0.6) is 0 Å². The van der Waals surface area contributed by atoms with E-state index in [1.165, 1.54) is 6.07 Å². The van der Waals surface area contributed by atoms with Crippen molar-refractivity contribution in [2.75, 3.05) is 16.0 Å². The Balaban J connectivity index is 0.00000368. The Kier molecular flexibility index (Phi) is 8.86. The summed E-state index contributed by atoms with van der Waals surface area (Å²) in [5.74, 6) is -8.25. The highest BCUT2D eigenvalue weighted by Gasteiger charge is 2.68. The number of carbonyl (C=O) groups excluding carboxylic acids is 3. The Morgan fingerprint density at radius 3 is 1.98 bits per heavy atom. The minimum Gasteiger partial charge on any atom is -0.326 e. The molecular formula is C27H22Cl3F8N3O3. The van der Waals surface area contributed by atoms with Gasteiger partial charge in [0, 0.05) is 22.8 Å². The van der Waals surface area contributed by atoms with Crippen molar-refractivity contribution in [1.29, 1.82) is 0 Å². The molecule has 0 radical (unpaired) electrons. The average molecular weight is 695 g/mol. The van der Waals surface area contributed by atoms with Gasteiger partial charge in [-0.25, -0.2) is 8.78 Å². The van der Waals surface area contributed by atoms with Gasteiger partial charge in [0.15, 0.2) is 5.82 Å². The Labute approximate surface area is 262 Å². The van der Waals surface area contributed by atoms with E-state index in [1.807, 2.05) is 5.32 Å². The van der Waals surface area contributed by atoms with Gasteiger partial charge in [0.25, 0.3) is 5.91 Å². The van der Waals surface area contributed by atoms with Crippen molar-refractivity contribution in [3.8, 4) is 0 Å². The summed E-state index contributed by atoms with van der Waals surface area (Å²) in [5.41, 5.74) is -5.64. The SMILES string of the molecule is CC(=O)Nc1c(F)ccc(NC(=O)c2cc(NC(=O)C3C(c4cc(C(F)(F)F)cc(C(F)(F)F)c4)C3(Cl)Cl)ccc2Cl)c1F.[HH].[HH].[HH]. The maximum atomic E-state index is 14.7. The number of benzene rings is 3. The molecule has 1 aliphatic rings. The molecule has 1 aliphatic carbocycles. The van der Waals surface area contributed by atoms with Crippen molar-refractivity contribution in [3.05, 3.63) is 87.4 Å². The van der Waals surface area contributed by atoms with Gasteiger partial charge in [-0.3, -0.25) is 14.4 Å². The molecule has 0 heterocycles. The summed E-state index contributed by atoms with van der Waals surface area (Å²) in [4.78, 5) is 37.1. The maximum Gasteiger partial charge on any atom is 0.416 e. The van der Waals surface area contributed by atoms with E-state index < -0.39 is 85.9 Å². The van der Waals surface area contributed by atoms with E-state index in [-0.39, 0.29) is 26.6 Å². The van der Waals surface area contributed by atoms with E-state index in [1.54, 1.807) is 0 Å². The summed E-state index contributed by atoms with van der Waals surface area (Å²) in [7, 11) is 0. The van der Waals surface area contributed by atoms with Crippen LogP contribution in [-0.4, -0.2) is 22.1 Å². The van der Waals surface area contributed by atoms with Crippen molar-refractivity contribution >= 4 is 69.6 Å². The number of anilines is 3. The molecule has 0 aromatic heterocycles. The number of hydrogen-bond donors (Lipinski definition) is 3. The molecule has 6 nitrogen and oxygen atoms in total. The van der Waals surface area contributed by atoms with Crippen LogP contribution in [0.25, 0.3) is 0 Å². The lowest BCUT2D eigenvalue weighted by Crippen LogP contribution is -2.19. The van der Waals surface area contributed by atoms with Crippen LogP contribution in [0, 0.1) is 17.6 Å². The standard InChI is InChI=1S/C27H16Cl3F8N3O3.3H2/c1-10(42)39-22-17(31)4-5-18(21(22)32)41-23(43)15-9-14(2-3-16(15)28)40-24(44)20-19(25(20,29)30)11-6-12(26(33,34)35)8-13(7-11)27(36,37)38;;;/h2-9,19-20H,1H3,(H,39,42)(H,40,44)(H,41,43);3*1H. The Bertz CT molecular complexity index is 1660. The molecular weight excluding hydrogens is 673 g/mol. The lowest BCUT2D eigenvalue weighted by atomic mass is 10.0. The third-order valence-electron chi connectivity index (χ3n) is 6.42. The summed E-state index contributed by atoms with van der Waals surface area (Å²) in [6, 6.07) is 5.80. The molecule has 2 atom stereocenters. The van der Waals surface area contributed by atoms with Crippen LogP contribution in [0.2, 0.25) is 5.02 Å². The molecule has 3 amide bonds. The number of halogens is 11. The number of carbonyl (C=O) groups is 3. The normalized spacial score (nSPS) is 17.5. The molecule has 1 saturated carbocycles. The highest BCUT2D eigenvalue weighted by atomic mass is 35.5. The first-order valence-electron chi connectivity index (χ1n) is 12.1. The number of nitrogens with one attached hydrogen (secondary N) is 3. The second-order valence-electron chi connectivity index (χ2n) is 9.57. The van der Waals surface area contributed by atoms with E-state index in [0.29, 0.717) is 12.1 Å². The molecule has 0 bridgehead atoms. The van der Waals surface area contributed by atoms with Gasteiger partial charge in [-0.15, -0.1) is 23.2 Å². The largest absolute Gasteiger partial charge is 0.416 e. The predicted molar refractivity (Wildman–Crippen MR) is 152 cm³/mol. The van der Waals surface area contributed by atoms with E-state index >= 15 is 0 Å². The zero-order valence-corrected chi connectivity index (χ0v) is 23.9. The minimum atomic E-state index is -5.15. The van der Waals surface area contributed by atoms with Gasteiger partial charge in [-0.2, -0.15) is 26.3 Å². The second kappa shape index (κ2) is 11.7. The molecule has 44 heavy (non-hydrogen) atoms. The fourth-order valence-electron chi connectivity index (χ4n) is 4.35. The molecule has 17 heteroatoms. The number of rotatable bonds is 6.